The summed E-state index contributed by atoms with van der Waals surface area (Å²) in [5.41, 5.74) is 12.6. The number of nitrogens with zero attached hydrogens (tertiary/aromatic N) is 1. The number of para-hydroxylation sites is 1. The van der Waals surface area contributed by atoms with Crippen molar-refractivity contribution in [2.45, 2.75) is 37.2 Å². The van der Waals surface area contributed by atoms with E-state index in [0.717, 1.165) is 13.0 Å². The van der Waals surface area contributed by atoms with Crippen LogP contribution < -0.4 is 16.1 Å². The second-order valence-corrected chi connectivity index (χ2v) is 7.17. The third-order valence-corrected chi connectivity index (χ3v) is 5.14. The molecule has 0 amide bonds. The van der Waals surface area contributed by atoms with E-state index in [1.165, 1.54) is 6.07 Å². The molecule has 1 saturated heterocycles. The van der Waals surface area contributed by atoms with Crippen LogP contribution in [0.25, 0.3) is 0 Å². The Bertz CT molecular complexity index is 701. The van der Waals surface area contributed by atoms with Crippen LogP contribution in [0.4, 0.5) is 0 Å². The lowest BCUT2D eigenvalue weighted by atomic mass is 9.64. The van der Waals surface area contributed by atoms with Gasteiger partial charge in [0, 0.05) is 37.4 Å². The maximum Gasteiger partial charge on any atom is 0.526 e. The number of fused-ring (bicyclic) bond motifs is 1. The van der Waals surface area contributed by atoms with Crippen molar-refractivity contribution in [2.24, 2.45) is 11.5 Å². The molecule has 8 nitrogen and oxygen atoms in total. The summed E-state index contributed by atoms with van der Waals surface area (Å²) in [5.74, 6) is -1.33. The predicted octanol–water partition coefficient (Wildman–Crippen LogP) is -0.510. The van der Waals surface area contributed by atoms with Crippen LogP contribution in [0.5, 0.6) is 5.75 Å². The fourth-order valence-electron chi connectivity index (χ4n) is 3.65. The van der Waals surface area contributed by atoms with Crippen molar-refractivity contribution in [1.82, 2.24) is 4.90 Å². The molecule has 2 aliphatic rings. The largest absolute Gasteiger partial charge is 0.535 e. The molecule has 0 bridgehead atoms. The van der Waals surface area contributed by atoms with Crippen molar-refractivity contribution < 1.29 is 24.4 Å². The molecule has 1 fully saturated rings. The summed E-state index contributed by atoms with van der Waals surface area (Å²) in [6, 6.07) is 4.66. The molecule has 0 spiro atoms. The number of Topliss-reactive ketones (excluding diaryl/α,β-unsaturated/α-hetero) is 1. The topological polar surface area (TPSA) is 139 Å². The number of nitrogens with two attached hydrogens (primary N) is 2. The Balaban J connectivity index is 1.61. The minimum Gasteiger partial charge on any atom is -0.535 e. The third kappa shape index (κ3) is 4.07. The summed E-state index contributed by atoms with van der Waals surface area (Å²) in [6.45, 7) is 1.59. The quantitative estimate of drug-likeness (QED) is 0.514. The van der Waals surface area contributed by atoms with Crippen LogP contribution in [-0.4, -0.2) is 65.6 Å². The SMILES string of the molecule is NC1CCN(CC(=O)C[C@H]2Cc3cccc(C(=O)O)c3OB2O)CC1N. The molecule has 3 rings (SSSR count). The van der Waals surface area contributed by atoms with Gasteiger partial charge in [-0.2, -0.15) is 0 Å². The molecule has 9 heteroatoms. The first kappa shape index (κ1) is 18.8. The van der Waals surface area contributed by atoms with Crippen molar-refractivity contribution in [1.29, 1.82) is 0 Å². The number of carbonyl (C=O) groups excluding carboxylic acids is 1. The number of carbonyl (C=O) groups is 2. The van der Waals surface area contributed by atoms with Crippen LogP contribution in [0.3, 0.4) is 0 Å². The summed E-state index contributed by atoms with van der Waals surface area (Å²) in [4.78, 5) is 25.7. The maximum absolute atomic E-state index is 12.4. The normalized spacial score (nSPS) is 26.1. The van der Waals surface area contributed by atoms with Crippen LogP contribution in [0.15, 0.2) is 18.2 Å². The van der Waals surface area contributed by atoms with Gasteiger partial charge in [0.15, 0.2) is 0 Å². The van der Waals surface area contributed by atoms with Crippen molar-refractivity contribution in [3.05, 3.63) is 29.3 Å². The van der Waals surface area contributed by atoms with Crippen LogP contribution in [-0.2, 0) is 11.2 Å². The Kier molecular flexibility index (Phi) is 5.62. The number of aromatic carboxylic acids is 1. The smallest absolute Gasteiger partial charge is 0.526 e. The molecule has 1 aromatic rings. The monoisotopic (exact) mass is 361 g/mol. The predicted molar refractivity (Wildman–Crippen MR) is 96.1 cm³/mol. The zero-order valence-corrected chi connectivity index (χ0v) is 14.5. The van der Waals surface area contributed by atoms with Crippen molar-refractivity contribution in [2.75, 3.05) is 19.6 Å². The van der Waals surface area contributed by atoms with E-state index >= 15 is 0 Å². The van der Waals surface area contributed by atoms with Gasteiger partial charge in [0.1, 0.15) is 11.5 Å². The number of hydrogen-bond acceptors (Lipinski definition) is 7. The molecular weight excluding hydrogens is 337 g/mol. The number of carboxylic acids is 1. The van der Waals surface area contributed by atoms with Gasteiger partial charge in [-0.05, 0) is 24.5 Å². The van der Waals surface area contributed by atoms with E-state index in [1.54, 1.807) is 12.1 Å². The van der Waals surface area contributed by atoms with Gasteiger partial charge < -0.3 is 26.3 Å². The number of ketones is 1. The minimum atomic E-state index is -1.20. The molecule has 140 valence electrons. The van der Waals surface area contributed by atoms with Gasteiger partial charge in [0.2, 0.25) is 0 Å². The lowest BCUT2D eigenvalue weighted by molar-refractivity contribution is -0.120. The van der Waals surface area contributed by atoms with Gasteiger partial charge >= 0.3 is 13.1 Å². The fourth-order valence-corrected chi connectivity index (χ4v) is 3.65. The Morgan fingerprint density at radius 3 is 2.77 bits per heavy atom. The first-order chi connectivity index (χ1) is 12.3. The van der Waals surface area contributed by atoms with Crippen LogP contribution in [0.2, 0.25) is 5.82 Å². The maximum atomic E-state index is 12.4. The van der Waals surface area contributed by atoms with Gasteiger partial charge in [0.25, 0.3) is 0 Å². The lowest BCUT2D eigenvalue weighted by Crippen LogP contribution is -2.55. The zero-order chi connectivity index (χ0) is 18.8. The van der Waals surface area contributed by atoms with Crippen LogP contribution >= 0.6 is 0 Å². The molecule has 2 unspecified atom stereocenters. The average molecular weight is 361 g/mol. The molecule has 2 aliphatic heterocycles. The highest BCUT2D eigenvalue weighted by molar-refractivity contribution is 6.47. The molecule has 2 heterocycles. The molecule has 26 heavy (non-hydrogen) atoms. The van der Waals surface area contributed by atoms with E-state index in [4.69, 9.17) is 16.1 Å². The molecule has 1 aromatic carbocycles. The first-order valence-corrected chi connectivity index (χ1v) is 8.80. The van der Waals surface area contributed by atoms with Crippen molar-refractivity contribution in [3.63, 3.8) is 0 Å². The summed E-state index contributed by atoms with van der Waals surface area (Å²) < 4.78 is 5.43. The van der Waals surface area contributed by atoms with E-state index in [1.807, 2.05) is 4.90 Å². The van der Waals surface area contributed by atoms with Gasteiger partial charge in [-0.1, -0.05) is 12.1 Å². The van der Waals surface area contributed by atoms with E-state index in [9.17, 15) is 19.7 Å². The Hall–Kier alpha value is -1.94. The highest BCUT2D eigenvalue weighted by Crippen LogP contribution is 2.36. The number of benzene rings is 1. The van der Waals surface area contributed by atoms with E-state index < -0.39 is 18.9 Å². The summed E-state index contributed by atoms with van der Waals surface area (Å²) >= 11 is 0. The molecule has 0 aliphatic carbocycles. The number of rotatable bonds is 5. The number of hydrogen-bond donors (Lipinski definition) is 4. The second-order valence-electron chi connectivity index (χ2n) is 7.17. The van der Waals surface area contributed by atoms with Gasteiger partial charge in [-0.15, -0.1) is 0 Å². The van der Waals surface area contributed by atoms with Crippen molar-refractivity contribution >= 4 is 18.9 Å². The van der Waals surface area contributed by atoms with E-state index in [0.29, 0.717) is 18.5 Å². The van der Waals surface area contributed by atoms with Gasteiger partial charge in [0.05, 0.1) is 12.1 Å². The summed E-state index contributed by atoms with van der Waals surface area (Å²) in [5, 5.41) is 19.5. The summed E-state index contributed by atoms with van der Waals surface area (Å²) in [7, 11) is -1.20. The molecule has 0 aromatic heterocycles. The van der Waals surface area contributed by atoms with Crippen molar-refractivity contribution in [3.8, 4) is 5.75 Å². The van der Waals surface area contributed by atoms with Gasteiger partial charge in [-0.25, -0.2) is 4.79 Å². The highest BCUT2D eigenvalue weighted by atomic mass is 16.5. The lowest BCUT2D eigenvalue weighted by Gasteiger charge is -2.34. The fraction of sp³-hybridized carbons (Fsp3) is 0.529. The summed E-state index contributed by atoms with van der Waals surface area (Å²) in [6.07, 6.45) is 1.32. The second kappa shape index (κ2) is 7.75. The van der Waals surface area contributed by atoms with Crippen LogP contribution in [0.1, 0.15) is 28.8 Å². The molecule has 6 N–H and O–H groups in total. The Morgan fingerprint density at radius 1 is 1.31 bits per heavy atom. The van der Waals surface area contributed by atoms with Gasteiger partial charge in [-0.3, -0.25) is 9.69 Å². The standard InChI is InChI=1S/C17H24BN3O5/c19-14-4-5-21(9-15(14)20)8-12(22)7-11-6-10-2-1-3-13(17(23)24)16(10)26-18(11)25/h1-3,11,14-15,25H,4-9,19-20H2,(H,23,24)/t11-,14?,15?/m1/s1. The number of carboxylic acid groups (broad SMARTS) is 1. The Labute approximate surface area is 152 Å². The minimum absolute atomic E-state index is 0.00170. The average Bonchev–Trinajstić information content (AvgIpc) is 2.58. The third-order valence-electron chi connectivity index (χ3n) is 5.14. The van der Waals surface area contributed by atoms with E-state index in [2.05, 4.69) is 0 Å². The molecule has 0 radical (unpaired) electrons. The Morgan fingerprint density at radius 2 is 2.08 bits per heavy atom. The highest BCUT2D eigenvalue weighted by Gasteiger charge is 2.38. The zero-order valence-electron chi connectivity index (χ0n) is 14.5. The van der Waals surface area contributed by atoms with E-state index in [-0.39, 0.29) is 42.1 Å². The first-order valence-electron chi connectivity index (χ1n) is 8.80. The number of likely N-dealkylation sites (tertiary alicyclic amines) is 1. The number of piperidine rings is 1. The molecular formula is C17H24BN3O5. The molecule has 3 atom stereocenters. The molecule has 0 saturated carbocycles. The van der Waals surface area contributed by atoms with Crippen LogP contribution in [0, 0.1) is 0 Å².